The van der Waals surface area contributed by atoms with E-state index in [2.05, 4.69) is 5.43 Å². The summed E-state index contributed by atoms with van der Waals surface area (Å²) >= 11 is 0. The molecular weight excluding hydrogens is 224 g/mol. The molecule has 1 atom stereocenters. The molecule has 0 spiro atoms. The maximum Gasteiger partial charge on any atom is 0.325 e. The number of nitrogens with two attached hydrogens (primary N) is 1. The minimum Gasteiger partial charge on any atom is -0.504 e. The molecule has 0 aliphatic rings. The van der Waals surface area contributed by atoms with Crippen LogP contribution in [-0.2, 0) is 11.2 Å². The zero-order valence-electron chi connectivity index (χ0n) is 9.47. The Morgan fingerprint density at radius 1 is 1.41 bits per heavy atom. The zero-order valence-corrected chi connectivity index (χ0v) is 9.47. The molecule has 0 aliphatic carbocycles. The summed E-state index contributed by atoms with van der Waals surface area (Å²) in [5.41, 5.74) is 1.60. The van der Waals surface area contributed by atoms with E-state index in [-0.39, 0.29) is 17.9 Å². The molecule has 94 valence electrons. The second-order valence-corrected chi connectivity index (χ2v) is 3.88. The second-order valence-electron chi connectivity index (χ2n) is 3.88. The standard InChI is InChI=1S/C11H16N2O4/c1-2-11(13-12,10(16)17)6-7-3-4-8(14)9(15)5-7/h3-5,13-15H,2,6,12H2,1H3,(H,16,17). The molecule has 0 amide bonds. The van der Waals surface area contributed by atoms with E-state index in [1.54, 1.807) is 13.0 Å². The van der Waals surface area contributed by atoms with Gasteiger partial charge in [-0.3, -0.25) is 10.6 Å². The van der Waals surface area contributed by atoms with Gasteiger partial charge in [-0.15, -0.1) is 0 Å². The highest BCUT2D eigenvalue weighted by Crippen LogP contribution is 2.27. The van der Waals surface area contributed by atoms with E-state index >= 15 is 0 Å². The van der Waals surface area contributed by atoms with Crippen molar-refractivity contribution < 1.29 is 20.1 Å². The summed E-state index contributed by atoms with van der Waals surface area (Å²) in [6.07, 6.45) is 0.406. The van der Waals surface area contributed by atoms with Gasteiger partial charge in [0.25, 0.3) is 0 Å². The minimum atomic E-state index is -1.27. The maximum absolute atomic E-state index is 11.2. The van der Waals surface area contributed by atoms with Gasteiger partial charge in [-0.2, -0.15) is 0 Å². The SMILES string of the molecule is CCC(Cc1ccc(O)c(O)c1)(NN)C(=O)O. The Labute approximate surface area is 98.7 Å². The van der Waals surface area contributed by atoms with Gasteiger partial charge >= 0.3 is 5.97 Å². The molecule has 6 nitrogen and oxygen atoms in total. The number of hydrazine groups is 1. The zero-order chi connectivity index (χ0) is 13.1. The van der Waals surface area contributed by atoms with E-state index in [9.17, 15) is 9.90 Å². The molecule has 0 aliphatic heterocycles. The number of phenolic OH excluding ortho intramolecular Hbond substituents is 2. The number of aliphatic carboxylic acids is 1. The molecule has 0 fully saturated rings. The van der Waals surface area contributed by atoms with Crippen LogP contribution in [0, 0.1) is 0 Å². The fourth-order valence-electron chi connectivity index (χ4n) is 1.59. The first-order chi connectivity index (χ1) is 7.95. The normalized spacial score (nSPS) is 14.2. The predicted octanol–water partition coefficient (Wildman–Crippen LogP) is 0.337. The van der Waals surface area contributed by atoms with Gasteiger partial charge in [0.1, 0.15) is 5.54 Å². The third-order valence-electron chi connectivity index (χ3n) is 2.83. The second kappa shape index (κ2) is 5.03. The van der Waals surface area contributed by atoms with Crippen LogP contribution in [0.25, 0.3) is 0 Å². The van der Waals surface area contributed by atoms with Crippen molar-refractivity contribution in [1.82, 2.24) is 5.43 Å². The molecule has 0 aromatic heterocycles. The van der Waals surface area contributed by atoms with Crippen LogP contribution in [0.3, 0.4) is 0 Å². The van der Waals surface area contributed by atoms with Gasteiger partial charge in [0.15, 0.2) is 11.5 Å². The van der Waals surface area contributed by atoms with Crippen molar-refractivity contribution in [3.05, 3.63) is 23.8 Å². The van der Waals surface area contributed by atoms with E-state index in [4.69, 9.17) is 16.1 Å². The van der Waals surface area contributed by atoms with Gasteiger partial charge < -0.3 is 15.3 Å². The lowest BCUT2D eigenvalue weighted by Gasteiger charge is -2.27. The lowest BCUT2D eigenvalue weighted by Crippen LogP contribution is -2.56. The summed E-state index contributed by atoms with van der Waals surface area (Å²) in [4.78, 5) is 11.2. The van der Waals surface area contributed by atoms with Crippen LogP contribution >= 0.6 is 0 Å². The Kier molecular flexibility index (Phi) is 3.93. The maximum atomic E-state index is 11.2. The Balaban J connectivity index is 3.01. The molecule has 1 unspecified atom stereocenters. The highest BCUT2D eigenvalue weighted by molar-refractivity contribution is 5.79. The number of benzene rings is 1. The van der Waals surface area contributed by atoms with Crippen LogP contribution in [0.2, 0.25) is 0 Å². The summed E-state index contributed by atoms with van der Waals surface area (Å²) in [5, 5.41) is 27.6. The first-order valence-electron chi connectivity index (χ1n) is 5.17. The van der Waals surface area contributed by atoms with E-state index < -0.39 is 11.5 Å². The van der Waals surface area contributed by atoms with Crippen molar-refractivity contribution in [1.29, 1.82) is 0 Å². The molecule has 0 heterocycles. The molecule has 1 rings (SSSR count). The van der Waals surface area contributed by atoms with Crippen molar-refractivity contribution >= 4 is 5.97 Å². The van der Waals surface area contributed by atoms with Crippen molar-refractivity contribution in [2.24, 2.45) is 5.84 Å². The molecule has 0 saturated carbocycles. The largest absolute Gasteiger partial charge is 0.504 e. The van der Waals surface area contributed by atoms with Crippen molar-refractivity contribution in [2.75, 3.05) is 0 Å². The minimum absolute atomic E-state index is 0.114. The molecule has 0 saturated heterocycles. The lowest BCUT2D eigenvalue weighted by atomic mass is 9.89. The molecule has 17 heavy (non-hydrogen) atoms. The number of nitrogens with one attached hydrogen (secondary N) is 1. The highest BCUT2D eigenvalue weighted by atomic mass is 16.4. The number of carboxylic acids is 1. The molecule has 6 N–H and O–H groups in total. The van der Waals surface area contributed by atoms with E-state index in [0.29, 0.717) is 12.0 Å². The molecular formula is C11H16N2O4. The Morgan fingerprint density at radius 2 is 2.06 bits per heavy atom. The fourth-order valence-corrected chi connectivity index (χ4v) is 1.59. The van der Waals surface area contributed by atoms with E-state index in [1.165, 1.54) is 12.1 Å². The van der Waals surface area contributed by atoms with Gasteiger partial charge in [-0.25, -0.2) is 5.43 Å². The summed E-state index contributed by atoms with van der Waals surface area (Å²) in [6.45, 7) is 1.70. The quantitative estimate of drug-likeness (QED) is 0.288. The average Bonchev–Trinajstić information content (AvgIpc) is 2.30. The Hall–Kier alpha value is -1.79. The van der Waals surface area contributed by atoms with Crippen molar-refractivity contribution in [2.45, 2.75) is 25.3 Å². The van der Waals surface area contributed by atoms with E-state index in [0.717, 1.165) is 0 Å². The monoisotopic (exact) mass is 240 g/mol. The average molecular weight is 240 g/mol. The Morgan fingerprint density at radius 3 is 2.47 bits per heavy atom. The molecule has 1 aromatic rings. The van der Waals surface area contributed by atoms with Crippen LogP contribution in [0.15, 0.2) is 18.2 Å². The van der Waals surface area contributed by atoms with E-state index in [1.807, 2.05) is 0 Å². The van der Waals surface area contributed by atoms with Gasteiger partial charge in [-0.1, -0.05) is 13.0 Å². The number of carbonyl (C=O) groups is 1. The smallest absolute Gasteiger partial charge is 0.325 e. The van der Waals surface area contributed by atoms with Crippen LogP contribution in [-0.4, -0.2) is 26.8 Å². The third kappa shape index (κ3) is 2.66. The fraction of sp³-hybridized carbons (Fsp3) is 0.364. The van der Waals surface area contributed by atoms with Crippen LogP contribution in [0.5, 0.6) is 11.5 Å². The third-order valence-corrected chi connectivity index (χ3v) is 2.83. The molecule has 0 bridgehead atoms. The predicted molar refractivity (Wildman–Crippen MR) is 61.5 cm³/mol. The van der Waals surface area contributed by atoms with Crippen molar-refractivity contribution in [3.63, 3.8) is 0 Å². The van der Waals surface area contributed by atoms with Gasteiger partial charge in [0.2, 0.25) is 0 Å². The number of aromatic hydroxyl groups is 2. The topological polar surface area (TPSA) is 116 Å². The summed E-state index contributed by atoms with van der Waals surface area (Å²) in [6, 6.07) is 4.17. The number of carboxylic acid groups (broad SMARTS) is 1. The van der Waals surface area contributed by atoms with Gasteiger partial charge in [0.05, 0.1) is 0 Å². The summed E-state index contributed by atoms with van der Waals surface area (Å²) < 4.78 is 0. The van der Waals surface area contributed by atoms with Crippen molar-refractivity contribution in [3.8, 4) is 11.5 Å². The first-order valence-corrected chi connectivity index (χ1v) is 5.17. The first kappa shape index (κ1) is 13.3. The van der Waals surface area contributed by atoms with Gasteiger partial charge in [-0.05, 0) is 24.1 Å². The number of rotatable bonds is 5. The van der Waals surface area contributed by atoms with Crippen LogP contribution in [0.4, 0.5) is 0 Å². The summed E-state index contributed by atoms with van der Waals surface area (Å²) in [5.74, 6) is 3.71. The molecule has 0 radical (unpaired) electrons. The van der Waals surface area contributed by atoms with Crippen LogP contribution < -0.4 is 11.3 Å². The highest BCUT2D eigenvalue weighted by Gasteiger charge is 2.35. The number of phenols is 2. The van der Waals surface area contributed by atoms with Gasteiger partial charge in [0, 0.05) is 6.42 Å². The number of hydrogen-bond acceptors (Lipinski definition) is 5. The van der Waals surface area contributed by atoms with Crippen LogP contribution in [0.1, 0.15) is 18.9 Å². The number of hydrogen-bond donors (Lipinski definition) is 5. The Bertz CT molecular complexity index is 416. The molecule has 1 aromatic carbocycles. The summed E-state index contributed by atoms with van der Waals surface area (Å²) in [7, 11) is 0. The molecule has 6 heteroatoms. The lowest BCUT2D eigenvalue weighted by molar-refractivity contribution is -0.145.